The molecular weight excluding hydrogens is 433 g/mol. The third-order valence-corrected chi connectivity index (χ3v) is 4.22. The van der Waals surface area contributed by atoms with Crippen LogP contribution in [0.2, 0.25) is 0 Å². The summed E-state index contributed by atoms with van der Waals surface area (Å²) in [6.07, 6.45) is -4.65. The van der Waals surface area contributed by atoms with Crippen molar-refractivity contribution in [1.82, 2.24) is 0 Å². The van der Waals surface area contributed by atoms with Gasteiger partial charge in [-0.25, -0.2) is 0 Å². The summed E-state index contributed by atoms with van der Waals surface area (Å²) in [6.45, 7) is 0. The van der Waals surface area contributed by atoms with Crippen LogP contribution in [0.3, 0.4) is 0 Å². The Morgan fingerprint density at radius 2 is 1.12 bits per heavy atom. The van der Waals surface area contributed by atoms with Gasteiger partial charge in [-0.2, -0.15) is 42.8 Å². The fraction of sp³-hybridized carbons (Fsp3) is 0.556. The molecule has 0 heterocycles. The lowest BCUT2D eigenvalue weighted by Gasteiger charge is -2.05. The second kappa shape index (κ2) is 10.7. The summed E-state index contributed by atoms with van der Waals surface area (Å²) in [5.74, 6) is -5.84. The van der Waals surface area contributed by atoms with Crippen LogP contribution in [0, 0.1) is 5.92 Å². The molecule has 0 unspecified atom stereocenters. The van der Waals surface area contributed by atoms with Crippen molar-refractivity contribution in [2.24, 2.45) is 5.92 Å². The Hall–Kier alpha value is -1.16. The molecular formula is C9H11F7O6S3. The van der Waals surface area contributed by atoms with Gasteiger partial charge >= 0.3 is 30.7 Å². The summed E-state index contributed by atoms with van der Waals surface area (Å²) >= 11 is 0. The molecule has 25 heavy (non-hydrogen) atoms. The van der Waals surface area contributed by atoms with Crippen molar-refractivity contribution < 1.29 is 54.5 Å². The first-order valence-electron chi connectivity index (χ1n) is 5.72. The van der Waals surface area contributed by atoms with E-state index in [1.54, 1.807) is 0 Å². The predicted octanol–water partition coefficient (Wildman–Crippen LogP) is 2.44. The van der Waals surface area contributed by atoms with E-state index < -0.39 is 72.4 Å². The third kappa shape index (κ3) is 25.2. The maximum atomic E-state index is 12.0. The smallest absolute Gasteiger partial charge is 0.195 e. The molecule has 0 aliphatic heterocycles. The summed E-state index contributed by atoms with van der Waals surface area (Å²) in [5, 5.41) is 0. The number of halogens is 7. The van der Waals surface area contributed by atoms with Gasteiger partial charge in [-0.15, -0.1) is 11.7 Å². The standard InChI is InChI=1S/C5H6F4O4S2.C4H5F3O2S/c6-5(7)1-4(2-14(8,10)11)3-15(9,12)13;5-4(6)2-1-3-10(7,8)9/h1,4H,2-3H2;2H,1,3H2. The number of hydrogen-bond donors (Lipinski definition) is 0. The Balaban J connectivity index is 0. The normalized spacial score (nSPS) is 12.2. The van der Waals surface area contributed by atoms with E-state index in [0.29, 0.717) is 6.08 Å². The van der Waals surface area contributed by atoms with Crippen LogP contribution in [-0.2, 0) is 30.7 Å². The van der Waals surface area contributed by atoms with Gasteiger partial charge in [-0.05, 0) is 18.6 Å². The Labute approximate surface area is 139 Å². The van der Waals surface area contributed by atoms with Crippen LogP contribution in [0.4, 0.5) is 29.2 Å². The first kappa shape index (κ1) is 26.1. The second-order valence-corrected chi connectivity index (χ2v) is 8.46. The maximum absolute atomic E-state index is 12.0. The van der Waals surface area contributed by atoms with Gasteiger partial charge in [0.2, 0.25) is 0 Å². The van der Waals surface area contributed by atoms with Crippen molar-refractivity contribution in [3.63, 3.8) is 0 Å². The molecule has 0 aromatic carbocycles. The average Bonchev–Trinajstić information content (AvgIpc) is 2.20. The third-order valence-electron chi connectivity index (χ3n) is 1.85. The highest BCUT2D eigenvalue weighted by molar-refractivity contribution is 7.87. The minimum absolute atomic E-state index is 0.117. The van der Waals surface area contributed by atoms with Gasteiger partial charge < -0.3 is 0 Å². The number of allylic oxidation sites excluding steroid dienone is 2. The summed E-state index contributed by atoms with van der Waals surface area (Å²) in [6, 6.07) is 0. The van der Waals surface area contributed by atoms with Crippen molar-refractivity contribution in [3.8, 4) is 0 Å². The summed E-state index contributed by atoms with van der Waals surface area (Å²) in [7, 11) is -14.9. The van der Waals surface area contributed by atoms with E-state index in [0.717, 1.165) is 0 Å². The van der Waals surface area contributed by atoms with Crippen LogP contribution in [-0.4, -0.2) is 42.5 Å². The van der Waals surface area contributed by atoms with Crippen molar-refractivity contribution in [3.05, 3.63) is 24.3 Å². The van der Waals surface area contributed by atoms with E-state index >= 15 is 0 Å². The fourth-order valence-electron chi connectivity index (χ4n) is 1.14. The molecule has 0 N–H and O–H groups in total. The predicted molar refractivity (Wildman–Crippen MR) is 73.4 cm³/mol. The molecule has 150 valence electrons. The van der Waals surface area contributed by atoms with Gasteiger partial charge in [-0.3, -0.25) is 0 Å². The largest absolute Gasteiger partial charge is 0.303 e. The van der Waals surface area contributed by atoms with Gasteiger partial charge in [0.05, 0.1) is 17.3 Å². The lowest BCUT2D eigenvalue weighted by atomic mass is 10.2. The van der Waals surface area contributed by atoms with Crippen LogP contribution >= 0.6 is 0 Å². The molecule has 0 saturated carbocycles. The molecule has 0 fully saturated rings. The maximum Gasteiger partial charge on any atom is 0.303 e. The SMILES string of the molecule is O=S(=O)(F)CC(C=C(F)F)CS(=O)(=O)F.O=S(=O)(F)CCC=C(F)F. The Bertz CT molecular complexity index is 744. The molecule has 0 aromatic heterocycles. The minimum Gasteiger partial charge on any atom is -0.195 e. The molecule has 0 rings (SSSR count). The summed E-state index contributed by atoms with van der Waals surface area (Å²) in [4.78, 5) is 0. The summed E-state index contributed by atoms with van der Waals surface area (Å²) < 4.78 is 141. The molecule has 0 amide bonds. The molecule has 16 heteroatoms. The van der Waals surface area contributed by atoms with Crippen molar-refractivity contribution >= 4 is 30.7 Å². The van der Waals surface area contributed by atoms with Crippen LogP contribution in [0.1, 0.15) is 6.42 Å². The van der Waals surface area contributed by atoms with E-state index in [9.17, 15) is 54.5 Å². The summed E-state index contributed by atoms with van der Waals surface area (Å²) in [5.41, 5.74) is 0. The number of hydrogen-bond acceptors (Lipinski definition) is 6. The van der Waals surface area contributed by atoms with E-state index in [1.807, 2.05) is 0 Å². The van der Waals surface area contributed by atoms with Crippen LogP contribution in [0.25, 0.3) is 0 Å². The first-order chi connectivity index (χ1) is 10.9. The second-order valence-electron chi connectivity index (χ2n) is 4.15. The quantitative estimate of drug-likeness (QED) is 0.421. The molecule has 0 bridgehead atoms. The minimum atomic E-state index is -5.15. The molecule has 0 spiro atoms. The van der Waals surface area contributed by atoms with Gasteiger partial charge in [-0.1, -0.05) is 0 Å². The lowest BCUT2D eigenvalue weighted by Crippen LogP contribution is -2.18. The van der Waals surface area contributed by atoms with E-state index in [-0.39, 0.29) is 6.08 Å². The van der Waals surface area contributed by atoms with Crippen LogP contribution < -0.4 is 0 Å². The zero-order valence-corrected chi connectivity index (χ0v) is 14.3. The molecule has 6 nitrogen and oxygen atoms in total. The highest BCUT2D eigenvalue weighted by Gasteiger charge is 2.23. The van der Waals surface area contributed by atoms with Gasteiger partial charge in [0.15, 0.2) is 0 Å². The fourth-order valence-corrected chi connectivity index (χ4v) is 3.14. The Kier molecular flexibility index (Phi) is 11.2. The molecule has 0 radical (unpaired) electrons. The monoisotopic (exact) mass is 444 g/mol. The van der Waals surface area contributed by atoms with Crippen molar-refractivity contribution in [2.45, 2.75) is 6.42 Å². The average molecular weight is 444 g/mol. The number of rotatable bonds is 8. The molecule has 0 aliphatic rings. The topological polar surface area (TPSA) is 102 Å². The van der Waals surface area contributed by atoms with Gasteiger partial charge in [0.1, 0.15) is 0 Å². The zero-order chi connectivity index (χ0) is 20.5. The van der Waals surface area contributed by atoms with Crippen molar-refractivity contribution in [2.75, 3.05) is 17.3 Å². The molecule has 0 aliphatic carbocycles. The first-order valence-corrected chi connectivity index (χ1v) is 10.4. The highest BCUT2D eigenvalue weighted by atomic mass is 32.3. The van der Waals surface area contributed by atoms with Crippen molar-refractivity contribution in [1.29, 1.82) is 0 Å². The highest BCUT2D eigenvalue weighted by Crippen LogP contribution is 2.14. The van der Waals surface area contributed by atoms with Gasteiger partial charge in [0.25, 0.3) is 12.2 Å². The Morgan fingerprint density at radius 3 is 1.36 bits per heavy atom. The molecule has 0 atom stereocenters. The zero-order valence-electron chi connectivity index (χ0n) is 11.9. The van der Waals surface area contributed by atoms with Gasteiger partial charge in [0, 0.05) is 5.92 Å². The molecule has 0 aromatic rings. The molecule has 0 saturated heterocycles. The lowest BCUT2D eigenvalue weighted by molar-refractivity contribution is 0.412. The van der Waals surface area contributed by atoms with E-state index in [2.05, 4.69) is 0 Å². The van der Waals surface area contributed by atoms with Crippen LogP contribution in [0.5, 0.6) is 0 Å². The van der Waals surface area contributed by atoms with E-state index in [4.69, 9.17) is 0 Å². The van der Waals surface area contributed by atoms with Crippen LogP contribution in [0.15, 0.2) is 24.3 Å². The van der Waals surface area contributed by atoms with E-state index in [1.165, 1.54) is 0 Å². The Morgan fingerprint density at radius 1 is 0.720 bits per heavy atom.